The molecule has 9 N–H and O–H groups in total. The summed E-state index contributed by atoms with van der Waals surface area (Å²) in [5.74, 6) is -10.4. The second kappa shape index (κ2) is 50.9. The third-order valence-electron chi connectivity index (χ3n) is 2.56. The van der Waals surface area contributed by atoms with Gasteiger partial charge in [0, 0.05) is 12.4 Å². The van der Waals surface area contributed by atoms with Crippen LogP contribution in [-0.4, -0.2) is 118 Å². The zero-order valence-electron chi connectivity index (χ0n) is 26.8. The average molecular weight is 786 g/mol. The summed E-state index contributed by atoms with van der Waals surface area (Å²) in [6.07, 6.45) is -13.6. The van der Waals surface area contributed by atoms with Crippen molar-refractivity contribution in [3.63, 3.8) is 0 Å². The summed E-state index contributed by atoms with van der Waals surface area (Å²) in [4.78, 5) is 94.4. The standard InChI is InChI=1S/2C6H8O7.4CH2O3.7Na/c2*7-3(8)1-6(13,5(11)12)2-4(9)10;4*2-1(3)4;;;;;;;/h2*13H,1-2H2,(H,7,8)(H,9,10)(H,11,12);4*(H2,2,3,4);;;;;;;/q;;;;;;7*+1/p-7. The predicted molar refractivity (Wildman–Crippen MR) is 98.4 cm³/mol. The van der Waals surface area contributed by atoms with Crippen LogP contribution in [0.5, 0.6) is 0 Å². The maximum absolute atomic E-state index is 10.3. The van der Waals surface area contributed by atoms with Crippen molar-refractivity contribution in [2.24, 2.45) is 0 Å². The molecule has 0 amide bonds. The molecule has 33 heteroatoms. The van der Waals surface area contributed by atoms with Crippen LogP contribution in [0.3, 0.4) is 0 Å². The molecular weight excluding hydrogens is 769 g/mol. The van der Waals surface area contributed by atoms with Gasteiger partial charge in [-0.15, -0.1) is 0 Å². The van der Waals surface area contributed by atoms with Crippen LogP contribution in [0.2, 0.25) is 0 Å². The van der Waals surface area contributed by atoms with Gasteiger partial charge in [0.15, 0.2) is 11.2 Å². The first-order valence-corrected chi connectivity index (χ1v) is 8.81. The molecule has 0 saturated carbocycles. The average Bonchev–Trinajstić information content (AvgIpc) is 2.63. The van der Waals surface area contributed by atoms with Crippen molar-refractivity contribution < 1.29 is 337 Å². The Morgan fingerprint density at radius 3 is 0.571 bits per heavy atom. The number of hydrogen-bond acceptors (Lipinski definition) is 19. The number of carboxylic acids is 6. The van der Waals surface area contributed by atoms with Crippen molar-refractivity contribution in [2.45, 2.75) is 36.9 Å². The van der Waals surface area contributed by atoms with E-state index < -0.39 is 97.3 Å². The van der Waals surface area contributed by atoms with Crippen molar-refractivity contribution in [1.82, 2.24) is 0 Å². The van der Waals surface area contributed by atoms with Gasteiger partial charge in [-0.2, -0.15) is 0 Å². The maximum Gasteiger partial charge on any atom is 1.00 e. The molecule has 0 aliphatic heterocycles. The summed E-state index contributed by atoms with van der Waals surface area (Å²) in [7, 11) is 0. The fourth-order valence-corrected chi connectivity index (χ4v) is 1.42. The minimum absolute atomic E-state index is 0. The van der Waals surface area contributed by atoms with Gasteiger partial charge in [-0.3, -0.25) is 14.4 Å². The zero-order chi connectivity index (χ0) is 35.6. The molecule has 1 atom stereocenters. The number of carbonyl (C=O) groups excluding carboxylic acids is 3. The van der Waals surface area contributed by atoms with E-state index >= 15 is 0 Å². The van der Waals surface area contributed by atoms with Gasteiger partial charge in [-0.05, 0) is 12.3 Å². The Morgan fingerprint density at radius 2 is 0.490 bits per heavy atom. The molecule has 0 saturated heterocycles. The van der Waals surface area contributed by atoms with E-state index in [-0.39, 0.29) is 207 Å². The minimum atomic E-state index is -2.80. The van der Waals surface area contributed by atoms with E-state index in [1.165, 1.54) is 0 Å². The van der Waals surface area contributed by atoms with Crippen LogP contribution in [0.4, 0.5) is 19.2 Å². The fourth-order valence-electron chi connectivity index (χ4n) is 1.42. The molecule has 0 aromatic rings. The smallest absolute Gasteiger partial charge is 0.652 e. The Labute approximate surface area is 426 Å². The van der Waals surface area contributed by atoms with Crippen LogP contribution in [0.15, 0.2) is 0 Å². The van der Waals surface area contributed by atoms with Gasteiger partial charge in [0.1, 0.15) is 0 Å². The number of carboxylic acid groups (broad SMARTS) is 14. The van der Waals surface area contributed by atoms with Crippen molar-refractivity contribution >= 4 is 60.4 Å². The molecule has 49 heavy (non-hydrogen) atoms. The minimum Gasteiger partial charge on any atom is -0.652 e. The van der Waals surface area contributed by atoms with Gasteiger partial charge in [0.25, 0.3) is 0 Å². The van der Waals surface area contributed by atoms with Crippen LogP contribution in [0.25, 0.3) is 0 Å². The number of rotatable bonds is 10. The van der Waals surface area contributed by atoms with E-state index in [2.05, 4.69) is 0 Å². The van der Waals surface area contributed by atoms with Gasteiger partial charge in [0.05, 0.1) is 19.3 Å². The van der Waals surface area contributed by atoms with Gasteiger partial charge in [0.2, 0.25) is 12.3 Å². The molecule has 0 aromatic heterocycles. The largest absolute Gasteiger partial charge is 1.00 e. The molecule has 0 aliphatic rings. The van der Waals surface area contributed by atoms with E-state index in [4.69, 9.17) is 95.8 Å². The number of carbonyl (C=O) groups is 10. The summed E-state index contributed by atoms with van der Waals surface area (Å²) in [5.41, 5.74) is -5.54. The van der Waals surface area contributed by atoms with Gasteiger partial charge in [-0.1, -0.05) is 0 Å². The Morgan fingerprint density at radius 1 is 0.367 bits per heavy atom. The molecule has 0 aromatic carbocycles. The summed E-state index contributed by atoms with van der Waals surface area (Å²) in [5, 5.41) is 133. The van der Waals surface area contributed by atoms with Crippen LogP contribution >= 0.6 is 0 Å². The maximum atomic E-state index is 10.3. The van der Waals surface area contributed by atoms with E-state index in [1.807, 2.05) is 0 Å². The summed E-state index contributed by atoms with van der Waals surface area (Å²) in [6, 6.07) is 0. The van der Waals surface area contributed by atoms with Crippen LogP contribution in [-0.2, 0) is 28.8 Å². The van der Waals surface area contributed by atoms with Crippen molar-refractivity contribution in [3.05, 3.63) is 0 Å². The van der Waals surface area contributed by atoms with Crippen LogP contribution in [0.1, 0.15) is 25.7 Å². The molecule has 0 rings (SSSR count). The third kappa shape index (κ3) is 99.4. The molecule has 0 bridgehead atoms. The first-order chi connectivity index (χ1) is 18.5. The molecular formula is C16H17Na7O26. The SMILES string of the molecule is O=C(O)CC(O)(CC(=O)O)C(=O)O.O=C([O-])CC(O)(CC(=O)O)C(=O)O.O=C([O-])O.O=C([O-])O.O=C([O-])[O-].O=C([O-])[O-].[Na+].[Na+].[Na+].[Na+].[Na+].[Na+].[Na+]. The molecule has 26 nitrogen and oxygen atoms in total. The van der Waals surface area contributed by atoms with E-state index in [0.717, 1.165) is 0 Å². The second-order valence-corrected chi connectivity index (χ2v) is 5.97. The Kier molecular flexibility index (Phi) is 91.0. The fraction of sp³-hybridized carbons (Fsp3) is 0.375. The van der Waals surface area contributed by atoms with Gasteiger partial charge < -0.3 is 106 Å². The Hall–Kier alpha value is 0.820. The number of aliphatic carboxylic acids is 6. The molecule has 244 valence electrons. The number of hydrogen-bond donors (Lipinski definition) is 9. The Bertz CT molecular complexity index is 827. The molecule has 1 unspecified atom stereocenters. The van der Waals surface area contributed by atoms with Gasteiger partial charge in [-0.25, -0.2) is 9.59 Å². The van der Waals surface area contributed by atoms with E-state index in [9.17, 15) is 33.9 Å². The van der Waals surface area contributed by atoms with Gasteiger partial charge >= 0.3 is 237 Å². The quantitative estimate of drug-likeness (QED) is 0.0928. The Balaban J connectivity index is -0.0000000305. The first kappa shape index (κ1) is 87.6. The molecule has 0 spiro atoms. The van der Waals surface area contributed by atoms with Crippen LogP contribution in [0, 0.1) is 0 Å². The topological polar surface area (TPSA) is 514 Å². The van der Waals surface area contributed by atoms with Crippen molar-refractivity contribution in [2.75, 3.05) is 0 Å². The monoisotopic (exact) mass is 786 g/mol. The second-order valence-electron chi connectivity index (χ2n) is 5.97. The normalized spacial score (nSPS) is 8.69. The summed E-state index contributed by atoms with van der Waals surface area (Å²) < 4.78 is 0. The first-order valence-electron chi connectivity index (χ1n) is 8.81. The number of aliphatic hydroxyl groups is 2. The zero-order valence-corrected chi connectivity index (χ0v) is 40.8. The molecule has 0 radical (unpaired) electrons. The molecule has 0 fully saturated rings. The van der Waals surface area contributed by atoms with E-state index in [0.29, 0.717) is 0 Å². The van der Waals surface area contributed by atoms with Crippen molar-refractivity contribution in [1.29, 1.82) is 0 Å². The van der Waals surface area contributed by atoms with E-state index in [1.54, 1.807) is 0 Å². The van der Waals surface area contributed by atoms with Crippen molar-refractivity contribution in [3.8, 4) is 0 Å². The molecule has 0 heterocycles. The summed E-state index contributed by atoms with van der Waals surface area (Å²) >= 11 is 0. The predicted octanol–water partition coefficient (Wildman–Crippen LogP) is -31.9. The summed E-state index contributed by atoms with van der Waals surface area (Å²) in [6.45, 7) is 0. The van der Waals surface area contributed by atoms with Crippen LogP contribution < -0.4 is 243 Å². The molecule has 0 aliphatic carbocycles. The third-order valence-corrected chi connectivity index (χ3v) is 2.56.